The summed E-state index contributed by atoms with van der Waals surface area (Å²) in [5, 5.41) is 0. The van der Waals surface area contributed by atoms with Crippen molar-refractivity contribution in [2.75, 3.05) is 11.4 Å². The highest BCUT2D eigenvalue weighted by Gasteiger charge is 2.30. The van der Waals surface area contributed by atoms with Gasteiger partial charge in [0.05, 0.1) is 23.5 Å². The molecule has 1 aliphatic heterocycles. The summed E-state index contributed by atoms with van der Waals surface area (Å²) in [6.07, 6.45) is -4.29. The summed E-state index contributed by atoms with van der Waals surface area (Å²) >= 11 is 0. The van der Waals surface area contributed by atoms with Gasteiger partial charge in [0.25, 0.3) is 0 Å². The first-order valence-electron chi connectivity index (χ1n) is 6.98. The van der Waals surface area contributed by atoms with Gasteiger partial charge in [-0.05, 0) is 36.8 Å². The second-order valence-electron chi connectivity index (χ2n) is 5.39. The predicted molar refractivity (Wildman–Crippen MR) is 81.7 cm³/mol. The van der Waals surface area contributed by atoms with Crippen molar-refractivity contribution < 1.29 is 13.2 Å². The van der Waals surface area contributed by atoms with Gasteiger partial charge in [-0.2, -0.15) is 13.2 Å². The normalized spacial score (nSPS) is 14.5. The number of alkyl halides is 3. The smallest absolute Gasteiger partial charge is 0.360 e. The number of hydrogen-bond acceptors (Lipinski definition) is 2. The number of benzene rings is 2. The lowest BCUT2D eigenvalue weighted by Gasteiger charge is -2.29. The Labute approximate surface area is 126 Å². The molecule has 0 fully saturated rings. The zero-order chi connectivity index (χ0) is 15.7. The Hall–Kier alpha value is -2.30. The summed E-state index contributed by atoms with van der Waals surface area (Å²) in [6, 6.07) is 13.1. The Morgan fingerprint density at radius 2 is 1.73 bits per heavy atom. The van der Waals surface area contributed by atoms with E-state index in [9.17, 15) is 13.2 Å². The van der Waals surface area contributed by atoms with Crippen LogP contribution in [0.4, 0.5) is 24.5 Å². The molecule has 5 heteroatoms. The van der Waals surface area contributed by atoms with E-state index in [0.29, 0.717) is 13.1 Å². The zero-order valence-electron chi connectivity index (χ0n) is 12.1. The van der Waals surface area contributed by atoms with Crippen LogP contribution in [0.1, 0.15) is 18.1 Å². The third-order valence-corrected chi connectivity index (χ3v) is 3.61. The van der Waals surface area contributed by atoms with Crippen LogP contribution in [0.25, 0.3) is 0 Å². The third-order valence-electron chi connectivity index (χ3n) is 3.61. The summed E-state index contributed by atoms with van der Waals surface area (Å²) in [4.78, 5) is 6.64. The minimum Gasteiger partial charge on any atom is -0.360 e. The Bertz CT molecular complexity index is 703. The van der Waals surface area contributed by atoms with E-state index in [1.165, 1.54) is 12.1 Å². The predicted octanol–water partition coefficient (Wildman–Crippen LogP) is 4.82. The van der Waals surface area contributed by atoms with E-state index in [0.717, 1.165) is 34.8 Å². The minimum absolute atomic E-state index is 0.558. The second kappa shape index (κ2) is 5.48. The van der Waals surface area contributed by atoms with Crippen molar-refractivity contribution in [2.24, 2.45) is 4.99 Å². The molecule has 0 bridgehead atoms. The van der Waals surface area contributed by atoms with Crippen LogP contribution in [0.15, 0.2) is 53.5 Å². The van der Waals surface area contributed by atoms with E-state index in [2.05, 4.69) is 9.89 Å². The molecule has 2 nitrogen and oxygen atoms in total. The van der Waals surface area contributed by atoms with Crippen molar-refractivity contribution in [3.05, 3.63) is 59.7 Å². The molecule has 1 heterocycles. The zero-order valence-corrected chi connectivity index (χ0v) is 12.1. The standard InChI is InChI=1S/C17H15F3N2/c1-12-10-22(16-5-3-2-4-15(16)21-12)11-13-6-8-14(9-7-13)17(18,19)20/h2-9H,10-11H2,1H3. The molecule has 0 amide bonds. The van der Waals surface area contributed by atoms with Gasteiger partial charge < -0.3 is 4.90 Å². The fraction of sp³-hybridized carbons (Fsp3) is 0.235. The van der Waals surface area contributed by atoms with Gasteiger partial charge in [0.2, 0.25) is 0 Å². The fourth-order valence-corrected chi connectivity index (χ4v) is 2.59. The Morgan fingerprint density at radius 3 is 2.41 bits per heavy atom. The van der Waals surface area contributed by atoms with Gasteiger partial charge in [0.15, 0.2) is 0 Å². The molecule has 0 saturated carbocycles. The maximum absolute atomic E-state index is 12.6. The molecule has 0 radical (unpaired) electrons. The van der Waals surface area contributed by atoms with Crippen molar-refractivity contribution in [1.29, 1.82) is 0 Å². The molecule has 0 aromatic heterocycles. The SMILES string of the molecule is CC1=Nc2ccccc2N(Cc2ccc(C(F)(F)F)cc2)C1. The molecule has 0 spiro atoms. The summed E-state index contributed by atoms with van der Waals surface area (Å²) in [7, 11) is 0. The van der Waals surface area contributed by atoms with E-state index >= 15 is 0 Å². The van der Waals surface area contributed by atoms with Gasteiger partial charge in [0.1, 0.15) is 0 Å². The maximum atomic E-state index is 12.6. The number of fused-ring (bicyclic) bond motifs is 1. The Morgan fingerprint density at radius 1 is 1.05 bits per heavy atom. The van der Waals surface area contributed by atoms with Crippen LogP contribution in [0.2, 0.25) is 0 Å². The highest BCUT2D eigenvalue weighted by molar-refractivity contribution is 5.94. The molecule has 0 N–H and O–H groups in total. The molecular weight excluding hydrogens is 289 g/mol. The van der Waals surface area contributed by atoms with Crippen LogP contribution < -0.4 is 4.90 Å². The van der Waals surface area contributed by atoms with Gasteiger partial charge in [-0.1, -0.05) is 24.3 Å². The van der Waals surface area contributed by atoms with Gasteiger partial charge in [0, 0.05) is 12.3 Å². The van der Waals surface area contributed by atoms with Gasteiger partial charge in [-0.25, -0.2) is 0 Å². The Kier molecular flexibility index (Phi) is 3.64. The summed E-state index contributed by atoms with van der Waals surface area (Å²) in [6.45, 7) is 3.19. The number of rotatable bonds is 2. The highest BCUT2D eigenvalue weighted by atomic mass is 19.4. The van der Waals surface area contributed by atoms with E-state index in [4.69, 9.17) is 0 Å². The van der Waals surface area contributed by atoms with E-state index < -0.39 is 11.7 Å². The summed E-state index contributed by atoms with van der Waals surface area (Å²) in [5.74, 6) is 0. The topological polar surface area (TPSA) is 15.6 Å². The molecule has 2 aromatic rings. The average Bonchev–Trinajstić information content (AvgIpc) is 2.46. The molecule has 0 saturated heterocycles. The molecule has 3 rings (SSSR count). The van der Waals surface area contributed by atoms with Crippen LogP contribution in [0.3, 0.4) is 0 Å². The molecule has 0 atom stereocenters. The highest BCUT2D eigenvalue weighted by Crippen LogP contribution is 2.33. The molecule has 114 valence electrons. The maximum Gasteiger partial charge on any atom is 0.416 e. The molecule has 2 aromatic carbocycles. The number of hydrogen-bond donors (Lipinski definition) is 0. The van der Waals surface area contributed by atoms with Gasteiger partial charge >= 0.3 is 6.18 Å². The largest absolute Gasteiger partial charge is 0.416 e. The van der Waals surface area contributed by atoms with Gasteiger partial charge in [-0.15, -0.1) is 0 Å². The summed E-state index contributed by atoms with van der Waals surface area (Å²) < 4.78 is 37.8. The van der Waals surface area contributed by atoms with Crippen LogP contribution >= 0.6 is 0 Å². The van der Waals surface area contributed by atoms with Crippen LogP contribution in [-0.2, 0) is 12.7 Å². The van der Waals surface area contributed by atoms with Crippen LogP contribution in [0.5, 0.6) is 0 Å². The van der Waals surface area contributed by atoms with Crippen molar-refractivity contribution in [3.63, 3.8) is 0 Å². The molecule has 1 aliphatic rings. The van der Waals surface area contributed by atoms with Gasteiger partial charge in [-0.3, -0.25) is 4.99 Å². The van der Waals surface area contributed by atoms with Crippen molar-refractivity contribution in [2.45, 2.75) is 19.6 Å². The first-order chi connectivity index (χ1) is 10.4. The third kappa shape index (κ3) is 2.98. The first kappa shape index (κ1) is 14.6. The lowest BCUT2D eigenvalue weighted by molar-refractivity contribution is -0.137. The molecule has 0 unspecified atom stereocenters. The number of halogens is 3. The van der Waals surface area contributed by atoms with Crippen LogP contribution in [0, 0.1) is 0 Å². The molecule has 0 aliphatic carbocycles. The first-order valence-corrected chi connectivity index (χ1v) is 6.98. The second-order valence-corrected chi connectivity index (χ2v) is 5.39. The van der Waals surface area contributed by atoms with Crippen molar-refractivity contribution in [1.82, 2.24) is 0 Å². The van der Waals surface area contributed by atoms with E-state index in [-0.39, 0.29) is 0 Å². The number of nitrogens with zero attached hydrogens (tertiary/aromatic N) is 2. The molecule has 22 heavy (non-hydrogen) atoms. The Balaban J connectivity index is 1.83. The lowest BCUT2D eigenvalue weighted by Crippen LogP contribution is -2.30. The number of para-hydroxylation sites is 2. The minimum atomic E-state index is -4.29. The quantitative estimate of drug-likeness (QED) is 0.777. The summed E-state index contributed by atoms with van der Waals surface area (Å²) in [5.41, 5.74) is 3.13. The number of anilines is 1. The van der Waals surface area contributed by atoms with E-state index in [1.807, 2.05) is 31.2 Å². The average molecular weight is 304 g/mol. The van der Waals surface area contributed by atoms with Crippen LogP contribution in [-0.4, -0.2) is 12.3 Å². The van der Waals surface area contributed by atoms with E-state index in [1.54, 1.807) is 0 Å². The lowest BCUT2D eigenvalue weighted by atomic mass is 10.1. The van der Waals surface area contributed by atoms with Crippen molar-refractivity contribution >= 4 is 17.1 Å². The molecular formula is C17H15F3N2. The monoisotopic (exact) mass is 304 g/mol. The number of aliphatic imine (C=N–C) groups is 1. The van der Waals surface area contributed by atoms with Crippen molar-refractivity contribution in [3.8, 4) is 0 Å². The fourth-order valence-electron chi connectivity index (χ4n) is 2.59.